The minimum Gasteiger partial charge on any atom is -0.335 e. The zero-order valence-corrected chi connectivity index (χ0v) is 17.2. The highest BCUT2D eigenvalue weighted by molar-refractivity contribution is 9.10. The normalized spacial score (nSPS) is 11.7. The second-order valence-electron chi connectivity index (χ2n) is 6.10. The second kappa shape index (κ2) is 9.47. The molecular weight excluding hydrogens is 477 g/mol. The average molecular weight is 491 g/mol. The van der Waals surface area contributed by atoms with Gasteiger partial charge in [0.05, 0.1) is 5.71 Å². The molecule has 11 heteroatoms. The lowest BCUT2D eigenvalue weighted by atomic mass is 10.1. The number of allylic oxidation sites excluding steroid dienone is 2. The van der Waals surface area contributed by atoms with Crippen molar-refractivity contribution in [3.8, 4) is 0 Å². The third kappa shape index (κ3) is 6.19. The van der Waals surface area contributed by atoms with Gasteiger partial charge in [0, 0.05) is 28.0 Å². The molecular formula is C20H14BrF3N6O. The predicted molar refractivity (Wildman–Crippen MR) is 113 cm³/mol. The van der Waals surface area contributed by atoms with Crippen LogP contribution in [0.15, 0.2) is 77.2 Å². The molecule has 0 aliphatic heterocycles. The third-order valence-electron chi connectivity index (χ3n) is 3.82. The summed E-state index contributed by atoms with van der Waals surface area (Å²) < 4.78 is 40.9. The van der Waals surface area contributed by atoms with Gasteiger partial charge < -0.3 is 16.0 Å². The topological polar surface area (TPSA) is 104 Å². The second-order valence-corrected chi connectivity index (χ2v) is 7.02. The summed E-state index contributed by atoms with van der Waals surface area (Å²) in [6.45, 7) is 0. The van der Waals surface area contributed by atoms with E-state index in [1.165, 1.54) is 36.7 Å². The first kappa shape index (κ1) is 22.1. The van der Waals surface area contributed by atoms with Gasteiger partial charge in [-0.2, -0.15) is 13.2 Å². The van der Waals surface area contributed by atoms with Crippen LogP contribution in [0.4, 0.5) is 24.8 Å². The number of alkyl halides is 3. The van der Waals surface area contributed by atoms with Gasteiger partial charge in [-0.3, -0.25) is 9.78 Å². The van der Waals surface area contributed by atoms with Gasteiger partial charge in [0.1, 0.15) is 5.70 Å². The number of rotatable bonds is 6. The van der Waals surface area contributed by atoms with Crippen LogP contribution in [-0.4, -0.2) is 33.0 Å². The van der Waals surface area contributed by atoms with Crippen LogP contribution < -0.4 is 10.6 Å². The number of carbonyl (C=O) groups is 1. The Morgan fingerprint density at radius 3 is 2.26 bits per heavy atom. The zero-order valence-electron chi connectivity index (χ0n) is 15.6. The molecule has 0 saturated carbocycles. The fourth-order valence-corrected chi connectivity index (χ4v) is 2.76. The van der Waals surface area contributed by atoms with Gasteiger partial charge in [-0.1, -0.05) is 22.0 Å². The fraction of sp³-hybridized carbons (Fsp3) is 0.0500. The molecule has 158 valence electrons. The molecule has 2 heterocycles. The molecule has 0 saturated heterocycles. The summed E-state index contributed by atoms with van der Waals surface area (Å²) in [5.74, 6) is -0.587. The molecule has 0 aliphatic carbocycles. The predicted octanol–water partition coefficient (Wildman–Crippen LogP) is 4.81. The largest absolute Gasteiger partial charge is 0.431 e. The lowest BCUT2D eigenvalue weighted by molar-refractivity contribution is -0.0901. The van der Waals surface area contributed by atoms with Crippen molar-refractivity contribution in [3.63, 3.8) is 0 Å². The van der Waals surface area contributed by atoms with E-state index < -0.39 is 17.8 Å². The summed E-state index contributed by atoms with van der Waals surface area (Å²) in [5.41, 5.74) is -0.974. The molecule has 3 aromatic rings. The Hall–Kier alpha value is -3.60. The molecule has 0 atom stereocenters. The molecule has 7 nitrogen and oxygen atoms in total. The number of anilines is 2. The highest BCUT2D eigenvalue weighted by atomic mass is 79.9. The number of benzene rings is 1. The summed E-state index contributed by atoms with van der Waals surface area (Å²) >= 11 is 3.26. The van der Waals surface area contributed by atoms with Gasteiger partial charge in [0.15, 0.2) is 11.6 Å². The maximum absolute atomic E-state index is 13.4. The number of hydrogen-bond donors (Lipinski definition) is 3. The van der Waals surface area contributed by atoms with Gasteiger partial charge >= 0.3 is 6.18 Å². The molecule has 3 N–H and O–H groups in total. The first-order chi connectivity index (χ1) is 14.7. The van der Waals surface area contributed by atoms with Crippen LogP contribution in [0, 0.1) is 5.41 Å². The molecule has 1 amide bonds. The van der Waals surface area contributed by atoms with E-state index in [-0.39, 0.29) is 22.9 Å². The lowest BCUT2D eigenvalue weighted by Crippen LogP contribution is -2.21. The molecule has 0 fully saturated rings. The third-order valence-corrected chi connectivity index (χ3v) is 4.32. The van der Waals surface area contributed by atoms with Gasteiger partial charge in [0.25, 0.3) is 5.91 Å². The highest BCUT2D eigenvalue weighted by Crippen LogP contribution is 2.27. The van der Waals surface area contributed by atoms with Gasteiger partial charge in [-0.05, 0) is 48.5 Å². The number of hydrogen-bond acceptors (Lipinski definition) is 6. The van der Waals surface area contributed by atoms with Crippen LogP contribution in [-0.2, 0) is 0 Å². The minimum atomic E-state index is -4.76. The van der Waals surface area contributed by atoms with Crippen LogP contribution >= 0.6 is 15.9 Å². The number of amides is 1. The SMILES string of the molecule is N=C(/C=C(\Nc1ccc(NC(=O)c2cccc(Br)c2)nn1)C(F)(F)F)c1cccnc1. The van der Waals surface area contributed by atoms with E-state index in [1.807, 2.05) is 0 Å². The quantitative estimate of drug-likeness (QED) is 0.430. The summed E-state index contributed by atoms with van der Waals surface area (Å²) in [6.07, 6.45) is -1.38. The Bertz CT molecular complexity index is 1120. The molecule has 0 bridgehead atoms. The number of pyridine rings is 1. The number of nitrogens with one attached hydrogen (secondary N) is 3. The van der Waals surface area contributed by atoms with Crippen molar-refractivity contribution in [3.05, 3.63) is 88.3 Å². The lowest BCUT2D eigenvalue weighted by Gasteiger charge is -2.14. The molecule has 0 unspecified atom stereocenters. The highest BCUT2D eigenvalue weighted by Gasteiger charge is 2.34. The number of carbonyl (C=O) groups excluding carboxylic acids is 1. The first-order valence-corrected chi connectivity index (χ1v) is 9.47. The Kier molecular flexibility index (Phi) is 6.75. The maximum Gasteiger partial charge on any atom is 0.431 e. The van der Waals surface area contributed by atoms with E-state index in [0.29, 0.717) is 16.1 Å². The molecule has 3 rings (SSSR count). The van der Waals surface area contributed by atoms with Gasteiger partial charge in [0.2, 0.25) is 0 Å². The molecule has 0 spiro atoms. The summed E-state index contributed by atoms with van der Waals surface area (Å²) in [4.78, 5) is 16.0. The molecule has 2 aromatic heterocycles. The van der Waals surface area contributed by atoms with Crippen molar-refractivity contribution < 1.29 is 18.0 Å². The first-order valence-electron chi connectivity index (χ1n) is 8.68. The van der Waals surface area contributed by atoms with E-state index in [9.17, 15) is 18.0 Å². The Morgan fingerprint density at radius 2 is 1.68 bits per heavy atom. The minimum absolute atomic E-state index is 0.0659. The summed E-state index contributed by atoms with van der Waals surface area (Å²) in [6, 6.07) is 12.2. The van der Waals surface area contributed by atoms with E-state index in [2.05, 4.69) is 41.7 Å². The van der Waals surface area contributed by atoms with Crippen molar-refractivity contribution >= 4 is 39.2 Å². The van der Waals surface area contributed by atoms with Crippen LogP contribution in [0.1, 0.15) is 15.9 Å². The van der Waals surface area contributed by atoms with Crippen molar-refractivity contribution in [2.75, 3.05) is 10.6 Å². The van der Waals surface area contributed by atoms with E-state index >= 15 is 0 Å². The summed E-state index contributed by atoms with van der Waals surface area (Å²) in [7, 11) is 0. The standard InChI is InChI=1S/C20H14BrF3N6O/c21-14-5-1-3-12(9-14)19(31)28-18-7-6-17(29-30-18)27-16(20(22,23)24)10-15(25)13-4-2-8-26-11-13/h1-11,25H,(H,27,29)(H,28,30,31)/b16-10-,25-15?. The molecule has 0 radical (unpaired) electrons. The van der Waals surface area contributed by atoms with Crippen molar-refractivity contribution in [1.82, 2.24) is 15.2 Å². The number of aromatic nitrogens is 3. The number of nitrogens with zero attached hydrogens (tertiary/aromatic N) is 3. The fourth-order valence-electron chi connectivity index (χ4n) is 2.36. The van der Waals surface area contributed by atoms with Crippen LogP contribution in [0.5, 0.6) is 0 Å². The van der Waals surface area contributed by atoms with E-state index in [1.54, 1.807) is 24.3 Å². The smallest absolute Gasteiger partial charge is 0.335 e. The van der Waals surface area contributed by atoms with Crippen molar-refractivity contribution in [2.24, 2.45) is 0 Å². The van der Waals surface area contributed by atoms with Crippen LogP contribution in [0.3, 0.4) is 0 Å². The summed E-state index contributed by atoms with van der Waals surface area (Å²) in [5, 5.41) is 19.9. The van der Waals surface area contributed by atoms with E-state index in [0.717, 1.165) is 0 Å². The zero-order chi connectivity index (χ0) is 22.4. The monoisotopic (exact) mass is 490 g/mol. The van der Waals surface area contributed by atoms with Crippen molar-refractivity contribution in [1.29, 1.82) is 5.41 Å². The van der Waals surface area contributed by atoms with Gasteiger partial charge in [-0.15, -0.1) is 10.2 Å². The Labute approximate surface area is 183 Å². The number of halogens is 4. The molecule has 0 aliphatic rings. The van der Waals surface area contributed by atoms with Gasteiger partial charge in [-0.25, -0.2) is 0 Å². The van der Waals surface area contributed by atoms with Crippen LogP contribution in [0.2, 0.25) is 0 Å². The molecule has 1 aromatic carbocycles. The van der Waals surface area contributed by atoms with E-state index in [4.69, 9.17) is 5.41 Å². The Balaban J connectivity index is 1.73. The van der Waals surface area contributed by atoms with Crippen molar-refractivity contribution in [2.45, 2.75) is 6.18 Å². The Morgan fingerprint density at radius 1 is 1.00 bits per heavy atom. The molecule has 31 heavy (non-hydrogen) atoms. The average Bonchev–Trinajstić information content (AvgIpc) is 2.74. The van der Waals surface area contributed by atoms with Crippen LogP contribution in [0.25, 0.3) is 0 Å². The maximum atomic E-state index is 13.4.